The van der Waals surface area contributed by atoms with Crippen LogP contribution in [0.5, 0.6) is 0 Å². The van der Waals surface area contributed by atoms with Crippen molar-refractivity contribution < 1.29 is 0 Å². The average molecular weight is 240 g/mol. The molecule has 1 aromatic heterocycles. The van der Waals surface area contributed by atoms with E-state index in [1.54, 1.807) is 6.20 Å². The molecule has 0 aliphatic rings. The van der Waals surface area contributed by atoms with Crippen LogP contribution in [0.1, 0.15) is 20.8 Å². The van der Waals surface area contributed by atoms with Gasteiger partial charge in [0.15, 0.2) is 0 Å². The Balaban J connectivity index is 0. The van der Waals surface area contributed by atoms with Crippen molar-refractivity contribution in [3.63, 3.8) is 0 Å². The number of hydrogen-bond acceptors (Lipinski definition) is 2. The molecule has 14 heavy (non-hydrogen) atoms. The zero-order chi connectivity index (χ0) is 9.19. The molecule has 2 N–H and O–H groups in total. The molecule has 0 saturated heterocycles. The summed E-state index contributed by atoms with van der Waals surface area (Å²) in [6.45, 7) is 7.21. The molecule has 0 spiro atoms. The van der Waals surface area contributed by atoms with E-state index in [4.69, 9.17) is 5.73 Å². The molecule has 1 unspecified atom stereocenters. The molecule has 1 aromatic rings. The molecule has 0 bridgehead atoms. The fourth-order valence-corrected chi connectivity index (χ4v) is 0.884. The summed E-state index contributed by atoms with van der Waals surface area (Å²) in [7, 11) is 0. The van der Waals surface area contributed by atoms with E-state index in [0.717, 1.165) is 6.54 Å². The summed E-state index contributed by atoms with van der Waals surface area (Å²) >= 11 is 0. The van der Waals surface area contributed by atoms with Crippen LogP contribution in [-0.2, 0) is 6.54 Å². The van der Waals surface area contributed by atoms with Gasteiger partial charge in [-0.1, -0.05) is 20.8 Å². The van der Waals surface area contributed by atoms with Crippen molar-refractivity contribution in [2.45, 2.75) is 33.4 Å². The standard InChI is InChI=1S/C9H17N3.2ClH/c1-9(2,3)8(10)7-12-6-4-5-11-12;;/h4-6,8H,7,10H2,1-3H3;2*1H. The fourth-order valence-electron chi connectivity index (χ4n) is 0.884. The van der Waals surface area contributed by atoms with Gasteiger partial charge in [0, 0.05) is 18.4 Å². The molecular weight excluding hydrogens is 221 g/mol. The molecule has 84 valence electrons. The van der Waals surface area contributed by atoms with Crippen LogP contribution in [0.25, 0.3) is 0 Å². The maximum Gasteiger partial charge on any atom is 0.0565 e. The van der Waals surface area contributed by atoms with Gasteiger partial charge in [0.05, 0.1) is 6.54 Å². The first-order valence-corrected chi connectivity index (χ1v) is 4.23. The normalized spacial score (nSPS) is 12.6. The number of halogens is 2. The summed E-state index contributed by atoms with van der Waals surface area (Å²) in [6.07, 6.45) is 3.71. The monoisotopic (exact) mass is 239 g/mol. The van der Waals surface area contributed by atoms with Crippen molar-refractivity contribution in [3.05, 3.63) is 18.5 Å². The lowest BCUT2D eigenvalue weighted by Gasteiger charge is -2.26. The predicted octanol–water partition coefficient (Wildman–Crippen LogP) is 2.10. The predicted molar refractivity (Wildman–Crippen MR) is 64.2 cm³/mol. The molecule has 5 heteroatoms. The van der Waals surface area contributed by atoms with E-state index in [1.165, 1.54) is 0 Å². The summed E-state index contributed by atoms with van der Waals surface area (Å²) in [5, 5.41) is 4.11. The Labute approximate surface area is 97.9 Å². The van der Waals surface area contributed by atoms with Gasteiger partial charge in [0.1, 0.15) is 0 Å². The molecule has 0 aliphatic carbocycles. The zero-order valence-corrected chi connectivity index (χ0v) is 10.4. The highest BCUT2D eigenvalue weighted by Gasteiger charge is 2.20. The highest BCUT2D eigenvalue weighted by atomic mass is 35.5. The van der Waals surface area contributed by atoms with E-state index in [2.05, 4.69) is 25.9 Å². The zero-order valence-electron chi connectivity index (χ0n) is 8.80. The van der Waals surface area contributed by atoms with E-state index in [1.807, 2.05) is 16.9 Å². The van der Waals surface area contributed by atoms with Crippen molar-refractivity contribution in [2.75, 3.05) is 0 Å². The van der Waals surface area contributed by atoms with Crippen LogP contribution in [-0.4, -0.2) is 15.8 Å². The summed E-state index contributed by atoms with van der Waals surface area (Å²) in [5.41, 5.74) is 6.13. The summed E-state index contributed by atoms with van der Waals surface area (Å²) < 4.78 is 1.87. The minimum Gasteiger partial charge on any atom is -0.326 e. The molecular formula is C9H19Cl2N3. The Kier molecular flexibility index (Phi) is 7.26. The molecule has 0 aliphatic heterocycles. The van der Waals surface area contributed by atoms with Crippen molar-refractivity contribution in [1.82, 2.24) is 9.78 Å². The van der Waals surface area contributed by atoms with E-state index in [-0.39, 0.29) is 36.3 Å². The number of nitrogens with zero attached hydrogens (tertiary/aromatic N) is 2. The second-order valence-electron chi connectivity index (χ2n) is 4.20. The minimum atomic E-state index is 0. The smallest absolute Gasteiger partial charge is 0.0565 e. The Bertz CT molecular complexity index is 229. The first-order chi connectivity index (χ1) is 5.50. The second-order valence-corrected chi connectivity index (χ2v) is 4.20. The molecule has 1 rings (SSSR count). The highest BCUT2D eigenvalue weighted by Crippen LogP contribution is 2.18. The van der Waals surface area contributed by atoms with Gasteiger partial charge in [-0.15, -0.1) is 24.8 Å². The van der Waals surface area contributed by atoms with Gasteiger partial charge in [-0.25, -0.2) is 0 Å². The number of aromatic nitrogens is 2. The molecule has 0 fully saturated rings. The largest absolute Gasteiger partial charge is 0.326 e. The van der Waals surface area contributed by atoms with Crippen LogP contribution < -0.4 is 5.73 Å². The quantitative estimate of drug-likeness (QED) is 0.860. The Morgan fingerprint density at radius 3 is 2.29 bits per heavy atom. The first kappa shape index (κ1) is 16.2. The third-order valence-corrected chi connectivity index (χ3v) is 2.06. The lowest BCUT2D eigenvalue weighted by molar-refractivity contribution is 0.283. The third-order valence-electron chi connectivity index (χ3n) is 2.06. The van der Waals surface area contributed by atoms with Gasteiger partial charge in [0.25, 0.3) is 0 Å². The second kappa shape index (κ2) is 6.27. The van der Waals surface area contributed by atoms with Gasteiger partial charge in [-0.05, 0) is 11.5 Å². The molecule has 3 nitrogen and oxygen atoms in total. The molecule has 1 heterocycles. The van der Waals surface area contributed by atoms with Crippen LogP contribution >= 0.6 is 24.8 Å². The molecule has 0 saturated carbocycles. The molecule has 0 aromatic carbocycles. The maximum absolute atomic E-state index is 5.98. The lowest BCUT2D eigenvalue weighted by Crippen LogP contribution is -2.38. The highest BCUT2D eigenvalue weighted by molar-refractivity contribution is 5.85. The summed E-state index contributed by atoms with van der Waals surface area (Å²) in [4.78, 5) is 0. The Morgan fingerprint density at radius 1 is 1.36 bits per heavy atom. The van der Waals surface area contributed by atoms with Crippen LogP contribution in [0, 0.1) is 5.41 Å². The maximum atomic E-state index is 5.98. The molecule has 0 amide bonds. The van der Waals surface area contributed by atoms with Crippen molar-refractivity contribution in [1.29, 1.82) is 0 Å². The van der Waals surface area contributed by atoms with E-state index < -0.39 is 0 Å². The van der Waals surface area contributed by atoms with Crippen LogP contribution in [0.2, 0.25) is 0 Å². The Morgan fingerprint density at radius 2 is 1.93 bits per heavy atom. The SMILES string of the molecule is CC(C)(C)C(N)Cn1cccn1.Cl.Cl. The van der Waals surface area contributed by atoms with Crippen LogP contribution in [0.4, 0.5) is 0 Å². The van der Waals surface area contributed by atoms with Gasteiger partial charge in [0.2, 0.25) is 0 Å². The van der Waals surface area contributed by atoms with Crippen LogP contribution in [0.15, 0.2) is 18.5 Å². The number of nitrogens with two attached hydrogens (primary N) is 1. The van der Waals surface area contributed by atoms with Crippen molar-refractivity contribution in [3.8, 4) is 0 Å². The van der Waals surface area contributed by atoms with Gasteiger partial charge < -0.3 is 5.73 Å². The van der Waals surface area contributed by atoms with Gasteiger partial charge in [-0.2, -0.15) is 5.10 Å². The summed E-state index contributed by atoms with van der Waals surface area (Å²) in [5.74, 6) is 0. The average Bonchev–Trinajstić information content (AvgIpc) is 2.37. The fraction of sp³-hybridized carbons (Fsp3) is 0.667. The molecule has 1 atom stereocenters. The Hall–Kier alpha value is -0.250. The minimum absolute atomic E-state index is 0. The summed E-state index contributed by atoms with van der Waals surface area (Å²) in [6, 6.07) is 2.06. The van der Waals surface area contributed by atoms with Crippen molar-refractivity contribution >= 4 is 24.8 Å². The van der Waals surface area contributed by atoms with E-state index in [9.17, 15) is 0 Å². The molecule has 0 radical (unpaired) electrons. The topological polar surface area (TPSA) is 43.8 Å². The first-order valence-electron chi connectivity index (χ1n) is 4.23. The van der Waals surface area contributed by atoms with Crippen LogP contribution in [0.3, 0.4) is 0 Å². The van der Waals surface area contributed by atoms with E-state index in [0.29, 0.717) is 0 Å². The van der Waals surface area contributed by atoms with Gasteiger partial charge >= 0.3 is 0 Å². The third kappa shape index (κ3) is 4.84. The van der Waals surface area contributed by atoms with E-state index >= 15 is 0 Å². The lowest BCUT2D eigenvalue weighted by atomic mass is 9.87. The number of hydrogen-bond donors (Lipinski definition) is 1. The number of rotatable bonds is 2. The van der Waals surface area contributed by atoms with Gasteiger partial charge in [-0.3, -0.25) is 4.68 Å². The van der Waals surface area contributed by atoms with Crippen molar-refractivity contribution in [2.24, 2.45) is 11.1 Å².